The van der Waals surface area contributed by atoms with Gasteiger partial charge in [0.15, 0.2) is 0 Å². The number of nitro benzene ring substituents is 1. The van der Waals surface area contributed by atoms with E-state index in [4.69, 9.17) is 4.74 Å². The molecule has 4 aromatic rings. The van der Waals surface area contributed by atoms with E-state index in [1.807, 2.05) is 73.9 Å². The van der Waals surface area contributed by atoms with E-state index in [0.717, 1.165) is 50.7 Å². The molecule has 38 heavy (non-hydrogen) atoms. The minimum atomic E-state index is -0.416. The topological polar surface area (TPSA) is 94.7 Å². The van der Waals surface area contributed by atoms with Crippen LogP contribution >= 0.6 is 11.8 Å². The number of benzene rings is 3. The lowest BCUT2D eigenvalue weighted by Gasteiger charge is -2.14. The van der Waals surface area contributed by atoms with Crippen LogP contribution in [-0.4, -0.2) is 38.7 Å². The van der Waals surface area contributed by atoms with E-state index in [9.17, 15) is 19.7 Å². The minimum Gasteiger partial charge on any atom is -0.491 e. The Morgan fingerprint density at radius 3 is 2.53 bits per heavy atom. The van der Waals surface area contributed by atoms with Gasteiger partial charge in [-0.3, -0.25) is 24.6 Å². The van der Waals surface area contributed by atoms with Gasteiger partial charge in [-0.15, -0.1) is 0 Å². The quantitative estimate of drug-likeness (QED) is 0.153. The normalized spacial score (nSPS) is 14.6. The molecule has 1 aromatic heterocycles. The molecular weight excluding hydrogens is 502 g/mol. The minimum absolute atomic E-state index is 0.0343. The van der Waals surface area contributed by atoms with Gasteiger partial charge in [0.1, 0.15) is 12.4 Å². The second-order valence-electron chi connectivity index (χ2n) is 9.05. The molecule has 1 aliphatic heterocycles. The zero-order valence-corrected chi connectivity index (χ0v) is 22.0. The molecule has 2 heterocycles. The fourth-order valence-corrected chi connectivity index (χ4v) is 5.57. The SMILES string of the molecule is Cc1cc([N+](=O)[O-])ccc1-n1c(C)cc(/C=C2\SC(=O)N(CCOc3cccc4ccccc34)C2=O)c1C. The summed E-state index contributed by atoms with van der Waals surface area (Å²) in [7, 11) is 0. The standard InChI is InChI=1S/C29H25N3O5S/c1-18-15-23(32(35)36)11-12-25(18)31-19(2)16-22(20(31)3)17-27-28(33)30(29(34)38-27)13-14-37-26-10-6-8-21-7-4-5-9-24(21)26/h4-12,15-17H,13-14H2,1-3H3/b27-17-. The fraction of sp³-hybridized carbons (Fsp3) is 0.172. The second kappa shape index (κ2) is 10.2. The van der Waals surface area contributed by atoms with Gasteiger partial charge in [-0.25, -0.2) is 0 Å². The molecule has 0 aliphatic carbocycles. The van der Waals surface area contributed by atoms with Gasteiger partial charge < -0.3 is 9.30 Å². The van der Waals surface area contributed by atoms with Crippen LogP contribution in [-0.2, 0) is 4.79 Å². The molecule has 1 saturated heterocycles. The smallest absolute Gasteiger partial charge is 0.293 e. The fourth-order valence-electron chi connectivity index (χ4n) is 4.71. The summed E-state index contributed by atoms with van der Waals surface area (Å²) in [4.78, 5) is 38.0. The molecule has 3 aromatic carbocycles. The number of hydrogen-bond acceptors (Lipinski definition) is 6. The Balaban J connectivity index is 1.33. The largest absolute Gasteiger partial charge is 0.491 e. The van der Waals surface area contributed by atoms with E-state index < -0.39 is 4.92 Å². The Morgan fingerprint density at radius 1 is 1.00 bits per heavy atom. The number of thioether (sulfide) groups is 1. The maximum absolute atomic E-state index is 13.1. The number of hydrogen-bond donors (Lipinski definition) is 0. The second-order valence-corrected chi connectivity index (χ2v) is 10.0. The maximum atomic E-state index is 13.1. The Morgan fingerprint density at radius 2 is 1.76 bits per heavy atom. The van der Waals surface area contributed by atoms with E-state index in [1.54, 1.807) is 18.2 Å². The third kappa shape index (κ3) is 4.68. The molecule has 9 heteroatoms. The number of nitro groups is 1. The van der Waals surface area contributed by atoms with Crippen LogP contribution in [0.5, 0.6) is 5.75 Å². The number of aromatic nitrogens is 1. The molecule has 0 spiro atoms. The van der Waals surface area contributed by atoms with E-state index in [-0.39, 0.29) is 30.0 Å². The Bertz CT molecular complexity index is 1630. The van der Waals surface area contributed by atoms with Crippen molar-refractivity contribution in [3.8, 4) is 11.4 Å². The van der Waals surface area contributed by atoms with Crippen LogP contribution in [0.15, 0.2) is 71.6 Å². The molecule has 0 N–H and O–H groups in total. The lowest BCUT2D eigenvalue weighted by Crippen LogP contribution is -2.32. The van der Waals surface area contributed by atoms with Crippen molar-refractivity contribution in [2.75, 3.05) is 13.2 Å². The van der Waals surface area contributed by atoms with Crippen LogP contribution in [0.2, 0.25) is 0 Å². The molecule has 1 aliphatic rings. The first-order valence-corrected chi connectivity index (χ1v) is 12.9. The van der Waals surface area contributed by atoms with Gasteiger partial charge in [-0.2, -0.15) is 0 Å². The first kappa shape index (κ1) is 25.3. The molecule has 2 amide bonds. The van der Waals surface area contributed by atoms with E-state index >= 15 is 0 Å². The molecule has 5 rings (SSSR count). The summed E-state index contributed by atoms with van der Waals surface area (Å²) in [6, 6.07) is 20.4. The number of ether oxygens (including phenoxy) is 1. The number of carbonyl (C=O) groups excluding carboxylic acids is 2. The van der Waals surface area contributed by atoms with Crippen LogP contribution in [0.4, 0.5) is 10.5 Å². The Hall–Kier alpha value is -4.37. The first-order chi connectivity index (χ1) is 18.2. The number of amides is 2. The van der Waals surface area contributed by atoms with Crippen LogP contribution in [0, 0.1) is 30.9 Å². The van der Waals surface area contributed by atoms with Gasteiger partial charge in [0.2, 0.25) is 0 Å². The molecule has 0 radical (unpaired) electrons. The van der Waals surface area contributed by atoms with Crippen molar-refractivity contribution in [1.82, 2.24) is 9.47 Å². The number of non-ortho nitro benzene ring substituents is 1. The predicted octanol–water partition coefficient (Wildman–Crippen LogP) is 6.58. The zero-order chi connectivity index (χ0) is 27.0. The van der Waals surface area contributed by atoms with Crippen LogP contribution < -0.4 is 4.74 Å². The van der Waals surface area contributed by atoms with Crippen molar-refractivity contribution in [3.63, 3.8) is 0 Å². The van der Waals surface area contributed by atoms with Gasteiger partial charge in [0.05, 0.1) is 16.4 Å². The Kier molecular flexibility index (Phi) is 6.77. The molecular formula is C29H25N3O5S. The summed E-state index contributed by atoms with van der Waals surface area (Å²) in [6.07, 6.45) is 1.73. The van der Waals surface area contributed by atoms with Crippen molar-refractivity contribution in [1.29, 1.82) is 0 Å². The highest BCUT2D eigenvalue weighted by atomic mass is 32.2. The molecule has 0 bridgehead atoms. The molecule has 0 unspecified atom stereocenters. The van der Waals surface area contributed by atoms with E-state index in [2.05, 4.69) is 0 Å². The predicted molar refractivity (Wildman–Crippen MR) is 149 cm³/mol. The molecule has 8 nitrogen and oxygen atoms in total. The van der Waals surface area contributed by atoms with Gasteiger partial charge in [-0.05, 0) is 73.3 Å². The van der Waals surface area contributed by atoms with Gasteiger partial charge in [-0.1, -0.05) is 36.4 Å². The average molecular weight is 528 g/mol. The van der Waals surface area contributed by atoms with Crippen molar-refractivity contribution in [2.45, 2.75) is 20.8 Å². The lowest BCUT2D eigenvalue weighted by atomic mass is 10.1. The highest BCUT2D eigenvalue weighted by Gasteiger charge is 2.35. The summed E-state index contributed by atoms with van der Waals surface area (Å²) in [5, 5.41) is 12.8. The third-order valence-corrected chi connectivity index (χ3v) is 7.49. The maximum Gasteiger partial charge on any atom is 0.293 e. The number of rotatable bonds is 7. The number of imide groups is 1. The van der Waals surface area contributed by atoms with E-state index in [1.165, 1.54) is 11.0 Å². The summed E-state index contributed by atoms with van der Waals surface area (Å²) in [6.45, 7) is 6.01. The summed E-state index contributed by atoms with van der Waals surface area (Å²) >= 11 is 0.912. The highest BCUT2D eigenvalue weighted by Crippen LogP contribution is 2.34. The molecule has 192 valence electrons. The summed E-state index contributed by atoms with van der Waals surface area (Å²) < 4.78 is 7.93. The highest BCUT2D eigenvalue weighted by molar-refractivity contribution is 8.18. The van der Waals surface area contributed by atoms with Crippen LogP contribution in [0.1, 0.15) is 22.5 Å². The number of nitrogens with zero attached hydrogens (tertiary/aromatic N) is 3. The van der Waals surface area contributed by atoms with Gasteiger partial charge >= 0.3 is 0 Å². The molecule has 0 atom stereocenters. The number of carbonyl (C=O) groups is 2. The van der Waals surface area contributed by atoms with Crippen LogP contribution in [0.3, 0.4) is 0 Å². The van der Waals surface area contributed by atoms with Gasteiger partial charge in [0, 0.05) is 34.6 Å². The lowest BCUT2D eigenvalue weighted by molar-refractivity contribution is -0.384. The van der Waals surface area contributed by atoms with Gasteiger partial charge in [0.25, 0.3) is 16.8 Å². The van der Waals surface area contributed by atoms with Crippen molar-refractivity contribution >= 4 is 45.4 Å². The van der Waals surface area contributed by atoms with Crippen molar-refractivity contribution < 1.29 is 19.2 Å². The van der Waals surface area contributed by atoms with Crippen LogP contribution in [0.25, 0.3) is 22.5 Å². The Labute approximate surface area is 223 Å². The summed E-state index contributed by atoms with van der Waals surface area (Å²) in [5.74, 6) is 0.359. The molecule has 0 saturated carbocycles. The van der Waals surface area contributed by atoms with E-state index in [0.29, 0.717) is 10.7 Å². The number of fused-ring (bicyclic) bond motifs is 1. The first-order valence-electron chi connectivity index (χ1n) is 12.0. The zero-order valence-electron chi connectivity index (χ0n) is 21.1. The monoisotopic (exact) mass is 527 g/mol. The van der Waals surface area contributed by atoms with Crippen molar-refractivity contribution in [3.05, 3.63) is 104 Å². The average Bonchev–Trinajstić information content (AvgIpc) is 3.32. The summed E-state index contributed by atoms with van der Waals surface area (Å²) in [5.41, 5.74) is 4.20. The molecule has 1 fully saturated rings. The van der Waals surface area contributed by atoms with Crippen molar-refractivity contribution in [2.24, 2.45) is 0 Å². The number of aryl methyl sites for hydroxylation is 2. The third-order valence-electron chi connectivity index (χ3n) is 6.58.